The van der Waals surface area contributed by atoms with Crippen LogP contribution in [0.5, 0.6) is 0 Å². The van der Waals surface area contributed by atoms with Gasteiger partial charge in [-0.3, -0.25) is 0 Å². The van der Waals surface area contributed by atoms with E-state index in [1.54, 1.807) is 6.07 Å². The van der Waals surface area contributed by atoms with Crippen LogP contribution in [0.15, 0.2) is 18.2 Å². The molecule has 0 bridgehead atoms. The molecule has 0 saturated heterocycles. The normalized spacial score (nSPS) is 10.6. The van der Waals surface area contributed by atoms with Gasteiger partial charge in [-0.05, 0) is 6.07 Å². The van der Waals surface area contributed by atoms with Crippen molar-refractivity contribution >= 4 is 34.8 Å². The Bertz CT molecular complexity index is 260. The third-order valence-electron chi connectivity index (χ3n) is 1.22. The van der Waals surface area contributed by atoms with Gasteiger partial charge in [-0.25, -0.2) is 4.39 Å². The molecule has 1 aromatic carbocycles. The van der Waals surface area contributed by atoms with Crippen molar-refractivity contribution in [2.75, 3.05) is 0 Å². The lowest BCUT2D eigenvalue weighted by Crippen LogP contribution is -1.86. The van der Waals surface area contributed by atoms with Crippen molar-refractivity contribution in [3.05, 3.63) is 34.6 Å². The van der Waals surface area contributed by atoms with E-state index in [2.05, 4.69) is 0 Å². The molecule has 4 heteroatoms. The molecule has 0 heterocycles. The van der Waals surface area contributed by atoms with Crippen molar-refractivity contribution in [1.82, 2.24) is 0 Å². The van der Waals surface area contributed by atoms with E-state index in [0.29, 0.717) is 5.56 Å². The van der Waals surface area contributed by atoms with Crippen LogP contribution >= 0.6 is 34.8 Å². The maximum atomic E-state index is 12.7. The monoisotopic (exact) mass is 212 g/mol. The van der Waals surface area contributed by atoms with E-state index in [1.165, 1.54) is 12.1 Å². The number of hydrogen-bond donors (Lipinski definition) is 0. The highest BCUT2D eigenvalue weighted by molar-refractivity contribution is 6.45. The average molecular weight is 213 g/mol. The topological polar surface area (TPSA) is 0 Å². The predicted octanol–water partition coefficient (Wildman–Crippen LogP) is 3.96. The van der Waals surface area contributed by atoms with Crippen LogP contribution in [0, 0.1) is 5.82 Å². The molecule has 60 valence electrons. The van der Waals surface area contributed by atoms with Crippen LogP contribution in [0.2, 0.25) is 5.02 Å². The summed E-state index contributed by atoms with van der Waals surface area (Å²) in [6, 6.07) is 4.34. The van der Waals surface area contributed by atoms with Crippen LogP contribution in [0.3, 0.4) is 0 Å². The quantitative estimate of drug-likeness (QED) is 0.620. The van der Waals surface area contributed by atoms with Gasteiger partial charge >= 0.3 is 0 Å². The first kappa shape index (κ1) is 9.11. The molecule has 0 aromatic heterocycles. The van der Waals surface area contributed by atoms with Crippen molar-refractivity contribution in [3.63, 3.8) is 0 Å². The Labute approximate surface area is 78.9 Å². The van der Waals surface area contributed by atoms with Gasteiger partial charge in [0.1, 0.15) is 10.7 Å². The van der Waals surface area contributed by atoms with E-state index in [4.69, 9.17) is 34.8 Å². The second-order valence-electron chi connectivity index (χ2n) is 1.94. The Morgan fingerprint density at radius 2 is 1.91 bits per heavy atom. The third-order valence-corrected chi connectivity index (χ3v) is 2.09. The summed E-state index contributed by atoms with van der Waals surface area (Å²) in [5.41, 5.74) is 0.398. The van der Waals surface area contributed by atoms with Crippen LogP contribution in [-0.4, -0.2) is 0 Å². The highest BCUT2D eigenvalue weighted by Gasteiger charge is 2.10. The summed E-state index contributed by atoms with van der Waals surface area (Å²) in [6.45, 7) is 0. The fourth-order valence-electron chi connectivity index (χ4n) is 0.689. The SMILES string of the molecule is Fc1cccc(C(Cl)Cl)c1Cl. The smallest absolute Gasteiger partial charge is 0.142 e. The molecule has 0 nitrogen and oxygen atoms in total. The lowest BCUT2D eigenvalue weighted by Gasteiger charge is -2.03. The Morgan fingerprint density at radius 3 is 2.36 bits per heavy atom. The molecule has 1 rings (SSSR count). The van der Waals surface area contributed by atoms with E-state index in [9.17, 15) is 4.39 Å². The highest BCUT2D eigenvalue weighted by Crippen LogP contribution is 2.31. The molecule has 0 fully saturated rings. The van der Waals surface area contributed by atoms with Crippen LogP contribution in [0.4, 0.5) is 4.39 Å². The molecule has 0 N–H and O–H groups in total. The van der Waals surface area contributed by atoms with Crippen LogP contribution < -0.4 is 0 Å². The van der Waals surface area contributed by atoms with Crippen molar-refractivity contribution in [1.29, 1.82) is 0 Å². The number of hydrogen-bond acceptors (Lipinski definition) is 0. The molecular weight excluding hydrogens is 209 g/mol. The van der Waals surface area contributed by atoms with E-state index < -0.39 is 10.7 Å². The maximum Gasteiger partial charge on any atom is 0.142 e. The van der Waals surface area contributed by atoms with Gasteiger partial charge < -0.3 is 0 Å². The number of benzene rings is 1. The van der Waals surface area contributed by atoms with Crippen molar-refractivity contribution in [3.8, 4) is 0 Å². The first-order valence-electron chi connectivity index (χ1n) is 2.85. The summed E-state index contributed by atoms with van der Waals surface area (Å²) < 4.78 is 12.7. The van der Waals surface area contributed by atoms with Gasteiger partial charge in [0.15, 0.2) is 0 Å². The van der Waals surface area contributed by atoms with Gasteiger partial charge in [0, 0.05) is 5.56 Å². The van der Waals surface area contributed by atoms with Gasteiger partial charge in [0.2, 0.25) is 0 Å². The summed E-state index contributed by atoms with van der Waals surface area (Å²) in [7, 11) is 0. The summed E-state index contributed by atoms with van der Waals surface area (Å²) in [5, 5.41) is -0.0116. The Morgan fingerprint density at radius 1 is 1.27 bits per heavy atom. The summed E-state index contributed by atoms with van der Waals surface area (Å²) in [6.07, 6.45) is 0. The number of alkyl halides is 2. The molecule has 0 aliphatic carbocycles. The molecule has 0 radical (unpaired) electrons. The van der Waals surface area contributed by atoms with Gasteiger partial charge in [0.25, 0.3) is 0 Å². The third kappa shape index (κ3) is 1.98. The van der Waals surface area contributed by atoms with Crippen LogP contribution in [0.25, 0.3) is 0 Å². The van der Waals surface area contributed by atoms with Crippen LogP contribution in [0.1, 0.15) is 10.4 Å². The van der Waals surface area contributed by atoms with E-state index in [1.807, 2.05) is 0 Å². The van der Waals surface area contributed by atoms with E-state index >= 15 is 0 Å². The molecule has 0 aliphatic heterocycles. The molecule has 1 aromatic rings. The molecular formula is C7H4Cl3F. The second-order valence-corrected chi connectivity index (χ2v) is 3.42. The van der Waals surface area contributed by atoms with Crippen molar-refractivity contribution < 1.29 is 4.39 Å². The van der Waals surface area contributed by atoms with Crippen molar-refractivity contribution in [2.24, 2.45) is 0 Å². The lowest BCUT2D eigenvalue weighted by molar-refractivity contribution is 0.626. The Kier molecular flexibility index (Phi) is 2.99. The molecule has 0 atom stereocenters. The van der Waals surface area contributed by atoms with E-state index in [0.717, 1.165) is 0 Å². The summed E-state index contributed by atoms with van der Waals surface area (Å²) >= 11 is 16.5. The van der Waals surface area contributed by atoms with Crippen molar-refractivity contribution in [2.45, 2.75) is 4.84 Å². The largest absolute Gasteiger partial charge is 0.205 e. The van der Waals surface area contributed by atoms with Gasteiger partial charge in [-0.15, -0.1) is 23.2 Å². The highest BCUT2D eigenvalue weighted by atomic mass is 35.5. The maximum absolute atomic E-state index is 12.7. The summed E-state index contributed by atoms with van der Waals surface area (Å²) in [4.78, 5) is -0.779. The predicted molar refractivity (Wildman–Crippen MR) is 45.9 cm³/mol. The van der Waals surface area contributed by atoms with Gasteiger partial charge in [-0.1, -0.05) is 23.7 Å². The van der Waals surface area contributed by atoms with Crippen LogP contribution in [-0.2, 0) is 0 Å². The zero-order chi connectivity index (χ0) is 8.43. The molecule has 0 unspecified atom stereocenters. The molecule has 0 aliphatic rings. The summed E-state index contributed by atoms with van der Waals surface area (Å²) in [5.74, 6) is -0.504. The molecule has 0 amide bonds. The molecule has 11 heavy (non-hydrogen) atoms. The average Bonchev–Trinajstić information content (AvgIpc) is 1.94. The first-order chi connectivity index (χ1) is 5.13. The standard InChI is InChI=1S/C7H4Cl3F/c8-6-4(7(9)10)2-1-3-5(6)11/h1-3,7H. The minimum atomic E-state index is -0.779. The Balaban J connectivity index is 3.17. The molecule has 0 spiro atoms. The molecule has 0 saturated carbocycles. The zero-order valence-corrected chi connectivity index (χ0v) is 7.59. The number of rotatable bonds is 1. The van der Waals surface area contributed by atoms with Gasteiger partial charge in [0.05, 0.1) is 5.02 Å². The zero-order valence-electron chi connectivity index (χ0n) is 5.32. The lowest BCUT2D eigenvalue weighted by atomic mass is 10.2. The number of halogens is 4. The minimum Gasteiger partial charge on any atom is -0.205 e. The Hall–Kier alpha value is 0.0200. The van der Waals surface area contributed by atoms with Gasteiger partial charge in [-0.2, -0.15) is 0 Å². The fourth-order valence-corrected chi connectivity index (χ4v) is 1.40. The fraction of sp³-hybridized carbons (Fsp3) is 0.143. The minimum absolute atomic E-state index is 0.0116. The van der Waals surface area contributed by atoms with E-state index in [-0.39, 0.29) is 5.02 Å². The first-order valence-corrected chi connectivity index (χ1v) is 4.10. The second kappa shape index (κ2) is 3.61.